The molecule has 0 aliphatic carbocycles. The number of piperidine rings is 1. The Balaban J connectivity index is 0.00000240. The Bertz CT molecular complexity index is 923. The lowest BCUT2D eigenvalue weighted by Gasteiger charge is -2.28. The Morgan fingerprint density at radius 1 is 0.931 bits per heavy atom. The second kappa shape index (κ2) is 9.15. The Morgan fingerprint density at radius 2 is 1.55 bits per heavy atom. The molecule has 0 spiro atoms. The van der Waals surface area contributed by atoms with E-state index in [0.29, 0.717) is 35.8 Å². The van der Waals surface area contributed by atoms with E-state index in [1.54, 1.807) is 36.4 Å². The third-order valence-corrected chi connectivity index (χ3v) is 6.92. The molecule has 2 heterocycles. The number of fused-ring (bicyclic) bond motifs is 2. The molecular formula is C21H26ClN3O3S. The Kier molecular flexibility index (Phi) is 6.82. The number of carbonyl (C=O) groups is 1. The van der Waals surface area contributed by atoms with Crippen LogP contribution in [0.3, 0.4) is 0 Å². The first-order valence-electron chi connectivity index (χ1n) is 9.72. The van der Waals surface area contributed by atoms with E-state index in [0.717, 1.165) is 12.8 Å². The van der Waals surface area contributed by atoms with Gasteiger partial charge < -0.3 is 10.6 Å². The highest BCUT2D eigenvalue weighted by molar-refractivity contribution is 7.92. The number of carbonyl (C=O) groups excluding carboxylic acids is 1. The van der Waals surface area contributed by atoms with Crippen molar-refractivity contribution in [2.24, 2.45) is 5.92 Å². The van der Waals surface area contributed by atoms with Crippen LogP contribution in [0, 0.1) is 5.92 Å². The van der Waals surface area contributed by atoms with Crippen LogP contribution in [0.1, 0.15) is 32.1 Å². The van der Waals surface area contributed by atoms with Crippen LogP contribution >= 0.6 is 12.4 Å². The van der Waals surface area contributed by atoms with Crippen molar-refractivity contribution in [2.45, 2.75) is 49.1 Å². The van der Waals surface area contributed by atoms with Crippen molar-refractivity contribution in [1.82, 2.24) is 5.32 Å². The molecular weight excluding hydrogens is 410 g/mol. The lowest BCUT2D eigenvalue weighted by Crippen LogP contribution is -2.39. The highest BCUT2D eigenvalue weighted by Gasteiger charge is 2.34. The molecule has 0 aromatic heterocycles. The standard InChI is InChI=1S/C21H25N3O3S.ClH/c25-21(14-15-12-18-6-7-19(13-15)22-18)23-16-8-10-20(11-9-16)28(26,27)24-17-4-2-1-3-5-17;/h1-5,8-11,15,18-19,22,24H,6-7,12-14H2,(H,23,25);1H. The Morgan fingerprint density at radius 3 is 2.17 bits per heavy atom. The van der Waals surface area contributed by atoms with E-state index in [4.69, 9.17) is 0 Å². The van der Waals surface area contributed by atoms with Gasteiger partial charge in [-0.1, -0.05) is 18.2 Å². The fraction of sp³-hybridized carbons (Fsp3) is 0.381. The summed E-state index contributed by atoms with van der Waals surface area (Å²) < 4.78 is 27.5. The van der Waals surface area contributed by atoms with Gasteiger partial charge in [0, 0.05) is 29.9 Å². The Hall–Kier alpha value is -2.09. The smallest absolute Gasteiger partial charge is 0.261 e. The van der Waals surface area contributed by atoms with Crippen LogP contribution in [0.4, 0.5) is 11.4 Å². The number of nitrogens with one attached hydrogen (secondary N) is 3. The van der Waals surface area contributed by atoms with Crippen LogP contribution in [0.5, 0.6) is 0 Å². The van der Waals surface area contributed by atoms with Crippen molar-refractivity contribution >= 4 is 39.7 Å². The zero-order valence-corrected chi connectivity index (χ0v) is 17.6. The molecule has 29 heavy (non-hydrogen) atoms. The van der Waals surface area contributed by atoms with E-state index in [2.05, 4.69) is 15.4 Å². The van der Waals surface area contributed by atoms with Crippen molar-refractivity contribution in [3.05, 3.63) is 54.6 Å². The molecule has 3 N–H and O–H groups in total. The van der Waals surface area contributed by atoms with Gasteiger partial charge >= 0.3 is 0 Å². The van der Waals surface area contributed by atoms with Crippen LogP contribution in [0.2, 0.25) is 0 Å². The molecule has 2 aliphatic heterocycles. The number of rotatable bonds is 6. The number of hydrogen-bond donors (Lipinski definition) is 3. The average molecular weight is 436 g/mol. The molecule has 2 fully saturated rings. The summed E-state index contributed by atoms with van der Waals surface area (Å²) in [5.74, 6) is 0.415. The van der Waals surface area contributed by atoms with E-state index in [9.17, 15) is 13.2 Å². The quantitative estimate of drug-likeness (QED) is 0.644. The van der Waals surface area contributed by atoms with Gasteiger partial charge in [0.05, 0.1) is 4.90 Å². The van der Waals surface area contributed by atoms with Crippen molar-refractivity contribution in [2.75, 3.05) is 10.0 Å². The molecule has 2 aromatic rings. The maximum Gasteiger partial charge on any atom is 0.261 e. The summed E-state index contributed by atoms with van der Waals surface area (Å²) in [5.41, 5.74) is 1.12. The predicted octanol–water partition coefficient (Wildman–Crippen LogP) is 3.77. The minimum absolute atomic E-state index is 0. The van der Waals surface area contributed by atoms with Crippen LogP contribution in [-0.2, 0) is 14.8 Å². The van der Waals surface area contributed by atoms with Gasteiger partial charge in [-0.2, -0.15) is 0 Å². The van der Waals surface area contributed by atoms with Gasteiger partial charge in [0.1, 0.15) is 0 Å². The van der Waals surface area contributed by atoms with Crippen molar-refractivity contribution in [3.8, 4) is 0 Å². The van der Waals surface area contributed by atoms with Gasteiger partial charge in [0.15, 0.2) is 0 Å². The van der Waals surface area contributed by atoms with E-state index < -0.39 is 10.0 Å². The normalized spacial score (nSPS) is 23.1. The lowest BCUT2D eigenvalue weighted by atomic mass is 9.89. The van der Waals surface area contributed by atoms with Crippen molar-refractivity contribution in [1.29, 1.82) is 0 Å². The molecule has 2 aliphatic rings. The van der Waals surface area contributed by atoms with Gasteiger partial charge in [-0.3, -0.25) is 9.52 Å². The number of benzene rings is 2. The minimum atomic E-state index is -3.66. The number of hydrogen-bond acceptors (Lipinski definition) is 4. The second-order valence-electron chi connectivity index (χ2n) is 7.72. The minimum Gasteiger partial charge on any atom is -0.326 e. The zero-order valence-electron chi connectivity index (χ0n) is 16.0. The van der Waals surface area contributed by atoms with E-state index in [1.807, 2.05) is 6.07 Å². The summed E-state index contributed by atoms with van der Waals surface area (Å²) in [6, 6.07) is 16.2. The molecule has 2 bridgehead atoms. The number of anilines is 2. The fourth-order valence-electron chi connectivity index (χ4n) is 4.25. The third-order valence-electron chi connectivity index (χ3n) is 5.52. The SMILES string of the molecule is Cl.O=C(CC1CC2CCC(C1)N2)Nc1ccc(S(=O)(=O)Nc2ccccc2)cc1. The van der Waals surface area contributed by atoms with Crippen molar-refractivity contribution in [3.63, 3.8) is 0 Å². The summed E-state index contributed by atoms with van der Waals surface area (Å²) in [6.45, 7) is 0. The average Bonchev–Trinajstić information content (AvgIpc) is 3.01. The van der Waals surface area contributed by atoms with Crippen molar-refractivity contribution < 1.29 is 13.2 Å². The number of sulfonamides is 1. The summed E-state index contributed by atoms with van der Waals surface area (Å²) in [4.78, 5) is 12.5. The van der Waals surface area contributed by atoms with Gasteiger partial charge in [-0.05, 0) is 68.0 Å². The van der Waals surface area contributed by atoms with Gasteiger partial charge in [-0.25, -0.2) is 8.42 Å². The summed E-state index contributed by atoms with van der Waals surface area (Å²) in [7, 11) is -3.66. The summed E-state index contributed by atoms with van der Waals surface area (Å²) >= 11 is 0. The largest absolute Gasteiger partial charge is 0.326 e. The van der Waals surface area contributed by atoms with Crippen LogP contribution in [-0.4, -0.2) is 26.4 Å². The van der Waals surface area contributed by atoms with Gasteiger partial charge in [0.25, 0.3) is 10.0 Å². The maximum atomic E-state index is 12.5. The van der Waals surface area contributed by atoms with E-state index in [1.165, 1.54) is 25.0 Å². The van der Waals surface area contributed by atoms with Crippen LogP contribution < -0.4 is 15.4 Å². The first kappa shape index (κ1) is 21.6. The Labute approximate surface area is 177 Å². The highest BCUT2D eigenvalue weighted by atomic mass is 35.5. The third kappa shape index (κ3) is 5.50. The molecule has 2 unspecified atom stereocenters. The molecule has 2 aromatic carbocycles. The second-order valence-corrected chi connectivity index (χ2v) is 9.41. The fourth-order valence-corrected chi connectivity index (χ4v) is 5.31. The van der Waals surface area contributed by atoms with Crippen LogP contribution in [0.15, 0.2) is 59.5 Å². The first-order chi connectivity index (χ1) is 13.5. The molecule has 6 nitrogen and oxygen atoms in total. The molecule has 0 saturated carbocycles. The summed E-state index contributed by atoms with van der Waals surface area (Å²) in [5, 5.41) is 6.48. The van der Waals surface area contributed by atoms with E-state index >= 15 is 0 Å². The topological polar surface area (TPSA) is 87.3 Å². The monoisotopic (exact) mass is 435 g/mol. The number of amides is 1. The molecule has 156 valence electrons. The first-order valence-corrected chi connectivity index (χ1v) is 11.2. The molecule has 8 heteroatoms. The van der Waals surface area contributed by atoms with Crippen LogP contribution in [0.25, 0.3) is 0 Å². The molecule has 0 radical (unpaired) electrons. The summed E-state index contributed by atoms with van der Waals surface area (Å²) in [6.07, 6.45) is 5.08. The molecule has 1 amide bonds. The van der Waals surface area contributed by atoms with Gasteiger partial charge in [0.2, 0.25) is 5.91 Å². The maximum absolute atomic E-state index is 12.5. The molecule has 2 saturated heterocycles. The van der Waals surface area contributed by atoms with E-state index in [-0.39, 0.29) is 23.2 Å². The number of halogens is 1. The molecule has 2 atom stereocenters. The molecule has 4 rings (SSSR count). The predicted molar refractivity (Wildman–Crippen MR) is 117 cm³/mol. The zero-order chi connectivity index (χ0) is 19.6. The van der Waals surface area contributed by atoms with Gasteiger partial charge in [-0.15, -0.1) is 12.4 Å². The number of para-hydroxylation sites is 1. The lowest BCUT2D eigenvalue weighted by molar-refractivity contribution is -0.117. The highest BCUT2D eigenvalue weighted by Crippen LogP contribution is 2.32.